The number of rotatable bonds is 3. The van der Waals surface area contributed by atoms with Gasteiger partial charge in [-0.2, -0.15) is 0 Å². The fraction of sp³-hybridized carbons (Fsp3) is 0.200. The molecule has 1 aromatic carbocycles. The molecular formula is C15H12BrClN2OS. The summed E-state index contributed by atoms with van der Waals surface area (Å²) in [5.41, 5.74) is 0.716. The number of benzene rings is 1. The average Bonchev–Trinajstić information content (AvgIpc) is 2.96. The maximum Gasteiger partial charge on any atom is 0.171 e. The summed E-state index contributed by atoms with van der Waals surface area (Å²) >= 11 is 11.5. The maximum absolute atomic E-state index is 6.35. The summed E-state index contributed by atoms with van der Waals surface area (Å²) in [4.78, 5) is 11.4. The van der Waals surface area contributed by atoms with Crippen molar-refractivity contribution in [3.63, 3.8) is 0 Å². The molecule has 0 aliphatic rings. The van der Waals surface area contributed by atoms with E-state index in [0.717, 1.165) is 21.2 Å². The van der Waals surface area contributed by atoms with Crippen LogP contribution in [0.1, 0.15) is 11.8 Å². The van der Waals surface area contributed by atoms with E-state index in [0.29, 0.717) is 22.2 Å². The molecule has 0 spiro atoms. The van der Waals surface area contributed by atoms with E-state index in [9.17, 15) is 0 Å². The number of aryl methyl sites for hydroxylation is 1. The molecule has 2 aromatic heterocycles. The predicted molar refractivity (Wildman–Crippen MR) is 91.5 cm³/mol. The van der Waals surface area contributed by atoms with Gasteiger partial charge in [0.15, 0.2) is 5.82 Å². The summed E-state index contributed by atoms with van der Waals surface area (Å²) < 4.78 is 6.25. The van der Waals surface area contributed by atoms with Gasteiger partial charge >= 0.3 is 0 Å². The van der Waals surface area contributed by atoms with Crippen LogP contribution < -0.4 is 4.74 Å². The van der Waals surface area contributed by atoms with Crippen molar-refractivity contribution in [3.05, 3.63) is 38.8 Å². The lowest BCUT2D eigenvalue weighted by Gasteiger charge is -2.09. The number of aromatic nitrogens is 2. The lowest BCUT2D eigenvalue weighted by Crippen LogP contribution is -1.94. The van der Waals surface area contributed by atoms with Gasteiger partial charge in [-0.05, 0) is 46.6 Å². The second-order valence-corrected chi connectivity index (χ2v) is 6.81. The highest BCUT2D eigenvalue weighted by molar-refractivity contribution is 9.10. The van der Waals surface area contributed by atoms with Gasteiger partial charge < -0.3 is 4.74 Å². The van der Waals surface area contributed by atoms with E-state index >= 15 is 0 Å². The highest BCUT2D eigenvalue weighted by atomic mass is 79.9. The molecule has 6 heteroatoms. The molecule has 108 valence electrons. The zero-order valence-electron chi connectivity index (χ0n) is 11.5. The number of nitrogens with zero attached hydrogens (tertiary/aromatic N) is 2. The number of methoxy groups -OCH3 is 1. The van der Waals surface area contributed by atoms with E-state index in [2.05, 4.69) is 38.9 Å². The fourth-order valence-electron chi connectivity index (χ4n) is 2.10. The molecule has 0 N–H and O–H groups in total. The van der Waals surface area contributed by atoms with Crippen molar-refractivity contribution in [2.75, 3.05) is 7.11 Å². The third-order valence-electron chi connectivity index (χ3n) is 3.17. The van der Waals surface area contributed by atoms with Crippen LogP contribution in [0.25, 0.3) is 21.6 Å². The molecule has 0 radical (unpaired) electrons. The van der Waals surface area contributed by atoms with Gasteiger partial charge in [-0.15, -0.1) is 11.3 Å². The first-order valence-electron chi connectivity index (χ1n) is 6.43. The van der Waals surface area contributed by atoms with Crippen molar-refractivity contribution in [2.45, 2.75) is 13.3 Å². The van der Waals surface area contributed by atoms with E-state index in [-0.39, 0.29) is 0 Å². The van der Waals surface area contributed by atoms with Crippen LogP contribution in [-0.2, 0) is 6.42 Å². The Morgan fingerprint density at radius 3 is 2.71 bits per heavy atom. The highest BCUT2D eigenvalue weighted by Crippen LogP contribution is 2.36. The Kier molecular flexibility index (Phi) is 4.15. The predicted octanol–water partition coefficient (Wildman–Crippen LogP) is 5.35. The Morgan fingerprint density at radius 2 is 2.05 bits per heavy atom. The van der Waals surface area contributed by atoms with Gasteiger partial charge in [0.25, 0.3) is 0 Å². The number of fused-ring (bicyclic) bond motifs is 1. The fourth-order valence-corrected chi connectivity index (χ4v) is 3.87. The third kappa shape index (κ3) is 2.65. The minimum absolute atomic E-state index is 0.423. The van der Waals surface area contributed by atoms with Crippen molar-refractivity contribution in [1.82, 2.24) is 9.97 Å². The van der Waals surface area contributed by atoms with Gasteiger partial charge in [0.1, 0.15) is 16.4 Å². The molecular weight excluding hydrogens is 372 g/mol. The van der Waals surface area contributed by atoms with Crippen LogP contribution in [0.3, 0.4) is 0 Å². The lowest BCUT2D eigenvalue weighted by molar-refractivity contribution is 0.419. The summed E-state index contributed by atoms with van der Waals surface area (Å²) in [5, 5.41) is 1.19. The van der Waals surface area contributed by atoms with Crippen LogP contribution in [0.5, 0.6) is 5.75 Å². The van der Waals surface area contributed by atoms with Crippen molar-refractivity contribution in [3.8, 4) is 16.5 Å². The van der Waals surface area contributed by atoms with Gasteiger partial charge in [0.2, 0.25) is 0 Å². The number of hydrogen-bond acceptors (Lipinski definition) is 4. The smallest absolute Gasteiger partial charge is 0.171 e. The zero-order valence-corrected chi connectivity index (χ0v) is 14.6. The summed E-state index contributed by atoms with van der Waals surface area (Å²) in [6.45, 7) is 2.13. The topological polar surface area (TPSA) is 35.0 Å². The van der Waals surface area contributed by atoms with Crippen LogP contribution in [0, 0.1) is 0 Å². The van der Waals surface area contributed by atoms with E-state index < -0.39 is 0 Å². The zero-order chi connectivity index (χ0) is 15.0. The molecule has 0 saturated carbocycles. The molecule has 0 aliphatic carbocycles. The molecule has 3 aromatic rings. The Morgan fingerprint density at radius 1 is 1.24 bits per heavy atom. The second kappa shape index (κ2) is 5.91. The maximum atomic E-state index is 6.35. The Hall–Kier alpha value is -1.17. The summed E-state index contributed by atoms with van der Waals surface area (Å²) in [7, 11) is 1.62. The first-order chi connectivity index (χ1) is 10.1. The van der Waals surface area contributed by atoms with E-state index in [1.807, 2.05) is 18.2 Å². The molecule has 0 bridgehead atoms. The van der Waals surface area contributed by atoms with Gasteiger partial charge in [-0.1, -0.05) is 18.5 Å². The summed E-state index contributed by atoms with van der Waals surface area (Å²) in [6, 6.07) is 7.88. The minimum atomic E-state index is 0.423. The molecule has 3 nitrogen and oxygen atoms in total. The molecule has 0 amide bonds. The van der Waals surface area contributed by atoms with E-state index in [1.165, 1.54) is 4.88 Å². The Labute approximate surface area is 140 Å². The SMILES string of the molecule is CCc1ccc(-c2nc(Cl)c3c(Br)ccc(OC)c3n2)s1. The average molecular weight is 384 g/mol. The second-order valence-electron chi connectivity index (χ2n) is 4.43. The summed E-state index contributed by atoms with van der Waals surface area (Å²) in [5.74, 6) is 1.32. The van der Waals surface area contributed by atoms with E-state index in [4.69, 9.17) is 16.3 Å². The molecule has 0 atom stereocenters. The van der Waals surface area contributed by atoms with Crippen molar-refractivity contribution < 1.29 is 4.74 Å². The van der Waals surface area contributed by atoms with Crippen LogP contribution >= 0.6 is 38.9 Å². The van der Waals surface area contributed by atoms with E-state index in [1.54, 1.807) is 18.4 Å². The van der Waals surface area contributed by atoms with Gasteiger partial charge in [-0.3, -0.25) is 0 Å². The molecule has 0 unspecified atom stereocenters. The van der Waals surface area contributed by atoms with Crippen LogP contribution in [0.2, 0.25) is 5.15 Å². The molecule has 0 aliphatic heterocycles. The molecule has 2 heterocycles. The molecule has 0 fully saturated rings. The normalized spacial score (nSPS) is 11.0. The standard InChI is InChI=1S/C15H12BrClN2OS/c1-3-8-4-7-11(21-8)15-18-13-10(20-2)6-5-9(16)12(13)14(17)19-15/h4-7H,3H2,1-2H3. The van der Waals surface area contributed by atoms with Crippen molar-refractivity contribution >= 4 is 49.8 Å². The lowest BCUT2D eigenvalue weighted by atomic mass is 10.2. The summed E-state index contributed by atoms with van der Waals surface area (Å²) in [6.07, 6.45) is 1.00. The first kappa shape index (κ1) is 14.8. The largest absolute Gasteiger partial charge is 0.494 e. The monoisotopic (exact) mass is 382 g/mol. The van der Waals surface area contributed by atoms with Crippen LogP contribution in [0.4, 0.5) is 0 Å². The number of halogens is 2. The molecule has 0 saturated heterocycles. The Balaban J connectivity index is 2.26. The van der Waals surface area contributed by atoms with Crippen molar-refractivity contribution in [2.24, 2.45) is 0 Å². The first-order valence-corrected chi connectivity index (χ1v) is 8.41. The third-order valence-corrected chi connectivity index (χ3v) is 5.33. The van der Waals surface area contributed by atoms with Crippen molar-refractivity contribution in [1.29, 1.82) is 0 Å². The molecule has 21 heavy (non-hydrogen) atoms. The highest BCUT2D eigenvalue weighted by Gasteiger charge is 2.15. The minimum Gasteiger partial charge on any atom is -0.494 e. The van der Waals surface area contributed by atoms with Crippen LogP contribution in [-0.4, -0.2) is 17.1 Å². The van der Waals surface area contributed by atoms with Gasteiger partial charge in [0, 0.05) is 9.35 Å². The Bertz CT molecular complexity index is 819. The molecule has 3 rings (SSSR count). The quantitative estimate of drug-likeness (QED) is 0.572. The van der Waals surface area contributed by atoms with Gasteiger partial charge in [-0.25, -0.2) is 9.97 Å². The number of ether oxygens (including phenoxy) is 1. The number of hydrogen-bond donors (Lipinski definition) is 0. The number of thiophene rings is 1. The van der Waals surface area contributed by atoms with Crippen LogP contribution in [0.15, 0.2) is 28.7 Å². The van der Waals surface area contributed by atoms with Gasteiger partial charge in [0.05, 0.1) is 17.4 Å².